The molecule has 0 aromatic rings. The topological polar surface area (TPSA) is 85.4 Å². The number of likely N-dealkylation sites (tertiary alicyclic amines) is 1. The van der Waals surface area contributed by atoms with Gasteiger partial charge in [-0.1, -0.05) is 32.1 Å². The van der Waals surface area contributed by atoms with Gasteiger partial charge in [0.15, 0.2) is 11.9 Å². The molecule has 8 nitrogen and oxygen atoms in total. The number of rotatable bonds is 4. The molecule has 4 fully saturated rings. The van der Waals surface area contributed by atoms with Crippen molar-refractivity contribution in [3.63, 3.8) is 0 Å². The van der Waals surface area contributed by atoms with Gasteiger partial charge in [-0.2, -0.15) is 0 Å². The van der Waals surface area contributed by atoms with Crippen molar-refractivity contribution in [1.82, 2.24) is 9.80 Å². The van der Waals surface area contributed by atoms with Gasteiger partial charge in [0.2, 0.25) is 0 Å². The van der Waals surface area contributed by atoms with Crippen LogP contribution in [0.2, 0.25) is 0 Å². The Balaban J connectivity index is 1.45. The minimum absolute atomic E-state index is 0.0493. The molecule has 0 spiro atoms. The average Bonchev–Trinajstić information content (AvgIpc) is 3.31. The highest BCUT2D eigenvalue weighted by molar-refractivity contribution is 5.94. The van der Waals surface area contributed by atoms with Crippen molar-refractivity contribution in [1.29, 1.82) is 0 Å². The molecule has 3 saturated heterocycles. The molecule has 0 N–H and O–H groups in total. The van der Waals surface area contributed by atoms with E-state index in [0.29, 0.717) is 51.6 Å². The lowest BCUT2D eigenvalue weighted by molar-refractivity contribution is -0.145. The van der Waals surface area contributed by atoms with E-state index in [1.807, 2.05) is 0 Å². The SMILES string of the molecule is O=C1CO[C@@H]2CCN(C(=O)[C@H](CC3CCCCC3)OC(=O)N3CCOCC3)[C@H]12. The van der Waals surface area contributed by atoms with E-state index >= 15 is 0 Å². The average molecular weight is 394 g/mol. The largest absolute Gasteiger partial charge is 0.436 e. The van der Waals surface area contributed by atoms with Crippen molar-refractivity contribution < 1.29 is 28.6 Å². The number of fused-ring (bicyclic) bond motifs is 1. The first-order valence-corrected chi connectivity index (χ1v) is 10.6. The highest BCUT2D eigenvalue weighted by atomic mass is 16.6. The highest BCUT2D eigenvalue weighted by Gasteiger charge is 2.48. The third-order valence-corrected chi connectivity index (χ3v) is 6.46. The van der Waals surface area contributed by atoms with Crippen LogP contribution >= 0.6 is 0 Å². The van der Waals surface area contributed by atoms with E-state index in [1.54, 1.807) is 9.80 Å². The van der Waals surface area contributed by atoms with Crippen LogP contribution in [0.1, 0.15) is 44.9 Å². The Hall–Kier alpha value is -1.67. The molecule has 0 radical (unpaired) electrons. The van der Waals surface area contributed by atoms with Crippen LogP contribution in [-0.2, 0) is 23.8 Å². The summed E-state index contributed by atoms with van der Waals surface area (Å²) in [5, 5.41) is 0. The maximum absolute atomic E-state index is 13.3. The lowest BCUT2D eigenvalue weighted by Crippen LogP contribution is -2.50. The number of Topliss-reactive ketones (excluding diaryl/α,β-unsaturated/α-hetero) is 1. The number of morpholine rings is 1. The Morgan fingerprint density at radius 1 is 1.07 bits per heavy atom. The number of nitrogens with zero attached hydrogens (tertiary/aromatic N) is 2. The summed E-state index contributed by atoms with van der Waals surface area (Å²) in [6, 6.07) is -0.511. The second kappa shape index (κ2) is 8.78. The van der Waals surface area contributed by atoms with Gasteiger partial charge < -0.3 is 24.0 Å². The molecule has 156 valence electrons. The Labute approximate surface area is 165 Å². The molecule has 8 heteroatoms. The number of ether oxygens (including phenoxy) is 3. The van der Waals surface area contributed by atoms with Gasteiger partial charge in [0.1, 0.15) is 12.6 Å². The molecule has 0 unspecified atom stereocenters. The molecule has 4 rings (SSSR count). The lowest BCUT2D eigenvalue weighted by atomic mass is 9.85. The summed E-state index contributed by atoms with van der Waals surface area (Å²) >= 11 is 0. The summed E-state index contributed by atoms with van der Waals surface area (Å²) in [7, 11) is 0. The highest BCUT2D eigenvalue weighted by Crippen LogP contribution is 2.32. The minimum atomic E-state index is -0.828. The first-order chi connectivity index (χ1) is 13.6. The molecule has 0 aromatic heterocycles. The van der Waals surface area contributed by atoms with E-state index in [2.05, 4.69) is 0 Å². The maximum Gasteiger partial charge on any atom is 0.410 e. The fourth-order valence-electron chi connectivity index (χ4n) is 4.89. The predicted molar refractivity (Wildman–Crippen MR) is 98.7 cm³/mol. The second-order valence-corrected chi connectivity index (χ2v) is 8.29. The molecular formula is C20H30N2O6. The van der Waals surface area contributed by atoms with Gasteiger partial charge in [-0.3, -0.25) is 9.59 Å². The van der Waals surface area contributed by atoms with E-state index in [1.165, 1.54) is 6.42 Å². The summed E-state index contributed by atoms with van der Waals surface area (Å²) in [5.74, 6) is 0.0967. The van der Waals surface area contributed by atoms with Crippen molar-refractivity contribution >= 4 is 17.8 Å². The Morgan fingerprint density at radius 3 is 2.57 bits per heavy atom. The number of hydrogen-bond donors (Lipinski definition) is 0. The summed E-state index contributed by atoms with van der Waals surface area (Å²) in [5.41, 5.74) is 0. The zero-order valence-corrected chi connectivity index (χ0v) is 16.3. The molecule has 3 atom stereocenters. The van der Waals surface area contributed by atoms with Crippen LogP contribution in [0.5, 0.6) is 0 Å². The first kappa shape index (κ1) is 19.6. The molecule has 2 amide bonds. The summed E-state index contributed by atoms with van der Waals surface area (Å²) in [6.07, 6.45) is 5.38. The van der Waals surface area contributed by atoms with E-state index in [9.17, 15) is 14.4 Å². The molecule has 3 aliphatic heterocycles. The van der Waals surface area contributed by atoms with Gasteiger partial charge in [-0.25, -0.2) is 4.79 Å². The molecule has 3 heterocycles. The number of carbonyl (C=O) groups excluding carboxylic acids is 3. The normalized spacial score (nSPS) is 29.6. The fraction of sp³-hybridized carbons (Fsp3) is 0.850. The van der Waals surface area contributed by atoms with Crippen molar-refractivity contribution in [3.05, 3.63) is 0 Å². The van der Waals surface area contributed by atoms with Gasteiger partial charge in [0.05, 0.1) is 19.3 Å². The quantitative estimate of drug-likeness (QED) is 0.716. The predicted octanol–water partition coefficient (Wildman–Crippen LogP) is 1.36. The smallest absolute Gasteiger partial charge is 0.410 e. The molecule has 0 aromatic carbocycles. The second-order valence-electron chi connectivity index (χ2n) is 8.29. The molecule has 1 aliphatic carbocycles. The van der Waals surface area contributed by atoms with Gasteiger partial charge in [-0.05, 0) is 18.8 Å². The van der Waals surface area contributed by atoms with E-state index in [0.717, 1.165) is 25.7 Å². The zero-order chi connectivity index (χ0) is 19.5. The third kappa shape index (κ3) is 4.17. The van der Waals surface area contributed by atoms with Gasteiger partial charge in [-0.15, -0.1) is 0 Å². The molecular weight excluding hydrogens is 364 g/mol. The van der Waals surface area contributed by atoms with Crippen LogP contribution in [0.15, 0.2) is 0 Å². The van der Waals surface area contributed by atoms with E-state index in [-0.39, 0.29) is 24.4 Å². The Bertz CT molecular complexity index is 600. The van der Waals surface area contributed by atoms with Gasteiger partial charge in [0.25, 0.3) is 5.91 Å². The van der Waals surface area contributed by atoms with Crippen molar-refractivity contribution in [3.8, 4) is 0 Å². The third-order valence-electron chi connectivity index (χ3n) is 6.46. The van der Waals surface area contributed by atoms with Crippen LogP contribution in [-0.4, -0.2) is 85.3 Å². The monoisotopic (exact) mass is 394 g/mol. The number of hydrogen-bond acceptors (Lipinski definition) is 6. The summed E-state index contributed by atoms with van der Waals surface area (Å²) in [6.45, 7) is 2.47. The molecule has 4 aliphatic rings. The number of amides is 2. The Morgan fingerprint density at radius 2 is 1.82 bits per heavy atom. The van der Waals surface area contributed by atoms with Crippen LogP contribution in [0.25, 0.3) is 0 Å². The number of ketones is 1. The van der Waals surface area contributed by atoms with Crippen LogP contribution < -0.4 is 0 Å². The van der Waals surface area contributed by atoms with Crippen molar-refractivity contribution in [2.24, 2.45) is 5.92 Å². The van der Waals surface area contributed by atoms with Crippen LogP contribution in [0, 0.1) is 5.92 Å². The maximum atomic E-state index is 13.3. The van der Waals surface area contributed by atoms with Crippen LogP contribution in [0.3, 0.4) is 0 Å². The van der Waals surface area contributed by atoms with Crippen molar-refractivity contribution in [2.45, 2.75) is 63.2 Å². The van der Waals surface area contributed by atoms with E-state index < -0.39 is 18.2 Å². The van der Waals surface area contributed by atoms with Crippen molar-refractivity contribution in [2.75, 3.05) is 39.5 Å². The summed E-state index contributed by atoms with van der Waals surface area (Å²) < 4.78 is 16.5. The minimum Gasteiger partial charge on any atom is -0.436 e. The fourth-order valence-corrected chi connectivity index (χ4v) is 4.89. The molecule has 28 heavy (non-hydrogen) atoms. The molecule has 0 bridgehead atoms. The van der Waals surface area contributed by atoms with Crippen LogP contribution in [0.4, 0.5) is 4.79 Å². The zero-order valence-electron chi connectivity index (χ0n) is 16.3. The Kier molecular flexibility index (Phi) is 6.16. The molecule has 1 saturated carbocycles. The lowest BCUT2D eigenvalue weighted by Gasteiger charge is -2.32. The summed E-state index contributed by atoms with van der Waals surface area (Å²) in [4.78, 5) is 41.4. The first-order valence-electron chi connectivity index (χ1n) is 10.6. The van der Waals surface area contributed by atoms with Gasteiger partial charge >= 0.3 is 6.09 Å². The number of carbonyl (C=O) groups is 3. The van der Waals surface area contributed by atoms with Gasteiger partial charge in [0, 0.05) is 19.6 Å². The standard InChI is InChI=1S/C20H30N2O6/c23-15-13-27-16-6-7-22(18(15)16)19(24)17(12-14-4-2-1-3-5-14)28-20(25)21-8-10-26-11-9-21/h14,16-18H,1-13H2/t16-,17+,18-/m1/s1. The van der Waals surface area contributed by atoms with E-state index in [4.69, 9.17) is 14.2 Å².